The molecule has 0 unspecified atom stereocenters. The molecule has 2 heterocycles. The summed E-state index contributed by atoms with van der Waals surface area (Å²) in [6.45, 7) is 4.59. The van der Waals surface area contributed by atoms with E-state index in [4.69, 9.17) is 27.9 Å². The summed E-state index contributed by atoms with van der Waals surface area (Å²) in [4.78, 5) is 24.7. The number of amides is 1. The summed E-state index contributed by atoms with van der Waals surface area (Å²) < 4.78 is 5.52. The van der Waals surface area contributed by atoms with Crippen molar-refractivity contribution in [3.8, 4) is 5.75 Å². The highest BCUT2D eigenvalue weighted by atomic mass is 35.5. The molecule has 1 aliphatic rings. The van der Waals surface area contributed by atoms with Crippen molar-refractivity contribution in [3.63, 3.8) is 0 Å². The monoisotopic (exact) mass is 380 g/mol. The summed E-state index contributed by atoms with van der Waals surface area (Å²) in [7, 11) is 0. The highest BCUT2D eigenvalue weighted by Crippen LogP contribution is 2.27. The maximum Gasteiger partial charge on any atom is 0.260 e. The molecule has 25 heavy (non-hydrogen) atoms. The van der Waals surface area contributed by atoms with Crippen molar-refractivity contribution < 1.29 is 9.53 Å². The van der Waals surface area contributed by atoms with Gasteiger partial charge in [0.2, 0.25) is 0 Å². The first-order chi connectivity index (χ1) is 12.0. The van der Waals surface area contributed by atoms with E-state index in [2.05, 4.69) is 14.9 Å². The Morgan fingerprint density at radius 1 is 1.16 bits per heavy atom. The minimum atomic E-state index is -0.0652. The van der Waals surface area contributed by atoms with Crippen LogP contribution in [0.4, 0.5) is 5.82 Å². The van der Waals surface area contributed by atoms with Crippen LogP contribution in [0.15, 0.2) is 30.6 Å². The summed E-state index contributed by atoms with van der Waals surface area (Å²) >= 11 is 11.9. The summed E-state index contributed by atoms with van der Waals surface area (Å²) in [5.41, 5.74) is 0.928. The average Bonchev–Trinajstić information content (AvgIpc) is 2.61. The largest absolute Gasteiger partial charge is 0.482 e. The highest BCUT2D eigenvalue weighted by molar-refractivity contribution is 6.35. The van der Waals surface area contributed by atoms with Crippen molar-refractivity contribution in [2.45, 2.75) is 6.92 Å². The van der Waals surface area contributed by atoms with Crippen LogP contribution in [-0.4, -0.2) is 53.6 Å². The van der Waals surface area contributed by atoms with E-state index >= 15 is 0 Å². The number of nitrogens with zero attached hydrogens (tertiary/aromatic N) is 4. The van der Waals surface area contributed by atoms with Gasteiger partial charge >= 0.3 is 0 Å². The molecule has 0 saturated carbocycles. The van der Waals surface area contributed by atoms with Gasteiger partial charge < -0.3 is 14.5 Å². The lowest BCUT2D eigenvalue weighted by Gasteiger charge is -2.35. The van der Waals surface area contributed by atoms with Gasteiger partial charge in [-0.05, 0) is 25.1 Å². The lowest BCUT2D eigenvalue weighted by molar-refractivity contribution is -0.133. The van der Waals surface area contributed by atoms with E-state index in [0.717, 1.165) is 24.6 Å². The zero-order valence-electron chi connectivity index (χ0n) is 13.8. The Hall–Kier alpha value is -2.05. The molecule has 0 bridgehead atoms. The van der Waals surface area contributed by atoms with Crippen LogP contribution < -0.4 is 9.64 Å². The molecule has 132 valence electrons. The molecule has 1 aliphatic heterocycles. The van der Waals surface area contributed by atoms with E-state index < -0.39 is 0 Å². The molecule has 6 nitrogen and oxygen atoms in total. The number of carbonyl (C=O) groups is 1. The molecule has 0 radical (unpaired) electrons. The average molecular weight is 381 g/mol. The van der Waals surface area contributed by atoms with E-state index in [1.54, 1.807) is 29.4 Å². The lowest BCUT2D eigenvalue weighted by atomic mass is 10.3. The Morgan fingerprint density at radius 2 is 1.92 bits per heavy atom. The quantitative estimate of drug-likeness (QED) is 0.815. The molecule has 1 aromatic heterocycles. The minimum Gasteiger partial charge on any atom is -0.482 e. The molecule has 2 aromatic rings. The molecule has 1 amide bonds. The Morgan fingerprint density at radius 3 is 2.60 bits per heavy atom. The Kier molecular flexibility index (Phi) is 5.60. The van der Waals surface area contributed by atoms with Crippen LogP contribution >= 0.6 is 23.2 Å². The molecule has 1 aromatic carbocycles. The van der Waals surface area contributed by atoms with Gasteiger partial charge in [0, 0.05) is 43.0 Å². The second-order valence-corrected chi connectivity index (χ2v) is 6.59. The number of piperazine rings is 1. The number of halogens is 2. The number of hydrogen-bond acceptors (Lipinski definition) is 5. The second-order valence-electron chi connectivity index (χ2n) is 5.75. The molecule has 0 spiro atoms. The molecule has 0 N–H and O–H groups in total. The fourth-order valence-corrected chi connectivity index (χ4v) is 3.08. The third-order valence-corrected chi connectivity index (χ3v) is 4.52. The van der Waals surface area contributed by atoms with Crippen LogP contribution in [-0.2, 0) is 4.79 Å². The maximum absolute atomic E-state index is 12.3. The molecular weight excluding hydrogens is 363 g/mol. The summed E-state index contributed by atoms with van der Waals surface area (Å²) in [5.74, 6) is 1.28. The zero-order chi connectivity index (χ0) is 17.8. The van der Waals surface area contributed by atoms with Crippen LogP contribution in [0.3, 0.4) is 0 Å². The van der Waals surface area contributed by atoms with E-state index in [1.807, 2.05) is 13.0 Å². The van der Waals surface area contributed by atoms with E-state index in [-0.39, 0.29) is 12.5 Å². The number of aromatic nitrogens is 2. The number of ether oxygens (including phenoxy) is 1. The van der Waals surface area contributed by atoms with Gasteiger partial charge in [0.1, 0.15) is 17.9 Å². The fraction of sp³-hybridized carbons (Fsp3) is 0.353. The van der Waals surface area contributed by atoms with Gasteiger partial charge in [-0.25, -0.2) is 9.97 Å². The van der Waals surface area contributed by atoms with E-state index in [0.29, 0.717) is 28.9 Å². The van der Waals surface area contributed by atoms with Gasteiger partial charge in [-0.1, -0.05) is 23.2 Å². The van der Waals surface area contributed by atoms with Crippen molar-refractivity contribution in [2.75, 3.05) is 37.7 Å². The van der Waals surface area contributed by atoms with Crippen molar-refractivity contribution >= 4 is 34.9 Å². The van der Waals surface area contributed by atoms with Crippen LogP contribution in [0.25, 0.3) is 0 Å². The van der Waals surface area contributed by atoms with E-state index in [9.17, 15) is 4.79 Å². The predicted octanol–water partition coefficient (Wildman–Crippen LogP) is 2.82. The maximum atomic E-state index is 12.3. The lowest BCUT2D eigenvalue weighted by Crippen LogP contribution is -2.50. The molecule has 1 saturated heterocycles. The Balaban J connectivity index is 1.51. The molecule has 8 heteroatoms. The van der Waals surface area contributed by atoms with Crippen LogP contribution in [0.1, 0.15) is 5.69 Å². The van der Waals surface area contributed by atoms with Crippen molar-refractivity contribution in [3.05, 3.63) is 46.3 Å². The van der Waals surface area contributed by atoms with Gasteiger partial charge in [0.05, 0.1) is 5.02 Å². The highest BCUT2D eigenvalue weighted by Gasteiger charge is 2.22. The topological polar surface area (TPSA) is 58.6 Å². The second kappa shape index (κ2) is 7.89. The van der Waals surface area contributed by atoms with Crippen molar-refractivity contribution in [1.29, 1.82) is 0 Å². The van der Waals surface area contributed by atoms with Gasteiger partial charge in [0.15, 0.2) is 6.61 Å². The normalized spacial score (nSPS) is 14.5. The van der Waals surface area contributed by atoms with E-state index in [1.165, 1.54) is 0 Å². The summed E-state index contributed by atoms with van der Waals surface area (Å²) in [6, 6.07) is 6.87. The van der Waals surface area contributed by atoms with Gasteiger partial charge in [-0.2, -0.15) is 0 Å². The van der Waals surface area contributed by atoms with Crippen LogP contribution in [0.5, 0.6) is 5.75 Å². The van der Waals surface area contributed by atoms with Gasteiger partial charge in [-0.3, -0.25) is 4.79 Å². The number of benzene rings is 1. The number of rotatable bonds is 4. The van der Waals surface area contributed by atoms with Gasteiger partial charge in [-0.15, -0.1) is 0 Å². The Bertz CT molecular complexity index is 764. The summed E-state index contributed by atoms with van der Waals surface area (Å²) in [6.07, 6.45) is 1.56. The number of aryl methyl sites for hydroxylation is 1. The smallest absolute Gasteiger partial charge is 0.260 e. The molecule has 0 atom stereocenters. The number of carbonyl (C=O) groups excluding carboxylic acids is 1. The zero-order valence-corrected chi connectivity index (χ0v) is 15.3. The SMILES string of the molecule is Cc1cc(N2CCN(C(=O)COc3ccc(Cl)cc3Cl)CC2)ncn1. The third-order valence-electron chi connectivity index (χ3n) is 3.99. The number of hydrogen-bond donors (Lipinski definition) is 0. The van der Waals surface area contributed by atoms with Crippen LogP contribution in [0, 0.1) is 6.92 Å². The van der Waals surface area contributed by atoms with Gasteiger partial charge in [0.25, 0.3) is 5.91 Å². The first kappa shape index (κ1) is 17.8. The standard InChI is InChI=1S/C17H18Cl2N4O2/c1-12-8-16(21-11-20-12)22-4-6-23(7-5-22)17(24)10-25-15-3-2-13(18)9-14(15)19/h2-3,8-9,11H,4-7,10H2,1H3. The Labute approximate surface area is 156 Å². The minimum absolute atomic E-state index is 0.0477. The van der Waals surface area contributed by atoms with Crippen LogP contribution in [0.2, 0.25) is 10.0 Å². The molecular formula is C17H18Cl2N4O2. The molecule has 3 rings (SSSR count). The fourth-order valence-electron chi connectivity index (χ4n) is 2.62. The van der Waals surface area contributed by atoms with Crippen molar-refractivity contribution in [2.24, 2.45) is 0 Å². The molecule has 0 aliphatic carbocycles. The first-order valence-corrected chi connectivity index (χ1v) is 8.68. The van der Waals surface area contributed by atoms with Crippen molar-refractivity contribution in [1.82, 2.24) is 14.9 Å². The third kappa shape index (κ3) is 4.52. The number of anilines is 1. The summed E-state index contributed by atoms with van der Waals surface area (Å²) in [5, 5.41) is 0.920. The first-order valence-electron chi connectivity index (χ1n) is 7.92. The molecule has 1 fully saturated rings. The predicted molar refractivity (Wildman–Crippen MR) is 97.5 cm³/mol.